The van der Waals surface area contributed by atoms with E-state index in [4.69, 9.17) is 5.73 Å². The Balaban J connectivity index is 1.96. The van der Waals surface area contributed by atoms with Crippen molar-refractivity contribution in [3.05, 3.63) is 42.4 Å². The van der Waals surface area contributed by atoms with E-state index < -0.39 is 0 Å². The summed E-state index contributed by atoms with van der Waals surface area (Å²) in [6.07, 6.45) is 7.67. The summed E-state index contributed by atoms with van der Waals surface area (Å²) >= 11 is 0. The third-order valence-electron chi connectivity index (χ3n) is 4.29. The first kappa shape index (κ1) is 12.4. The van der Waals surface area contributed by atoms with Gasteiger partial charge in [0.25, 0.3) is 0 Å². The smallest absolute Gasteiger partial charge is 0.0953 e. The maximum Gasteiger partial charge on any atom is 0.0953 e. The van der Waals surface area contributed by atoms with Gasteiger partial charge in [0.1, 0.15) is 0 Å². The first-order chi connectivity index (χ1) is 9.29. The summed E-state index contributed by atoms with van der Waals surface area (Å²) < 4.78 is 2.33. The van der Waals surface area contributed by atoms with Crippen LogP contribution in [0.25, 0.3) is 11.3 Å². The van der Waals surface area contributed by atoms with Crippen LogP contribution >= 0.6 is 0 Å². The monoisotopic (exact) mass is 255 g/mol. The number of hydrogen-bond acceptors (Lipinski definition) is 2. The zero-order valence-corrected chi connectivity index (χ0v) is 11.4. The molecular weight excluding hydrogens is 234 g/mol. The van der Waals surface area contributed by atoms with Gasteiger partial charge in [0.2, 0.25) is 0 Å². The Morgan fingerprint density at radius 3 is 2.79 bits per heavy atom. The van der Waals surface area contributed by atoms with E-state index in [-0.39, 0.29) is 0 Å². The van der Waals surface area contributed by atoms with Crippen molar-refractivity contribution in [1.82, 2.24) is 9.55 Å². The lowest BCUT2D eigenvalue weighted by molar-refractivity contribution is 0.390. The summed E-state index contributed by atoms with van der Waals surface area (Å²) in [5, 5.41) is 0. The van der Waals surface area contributed by atoms with Crippen molar-refractivity contribution in [2.24, 2.45) is 11.7 Å². The highest BCUT2D eigenvalue weighted by Gasteiger charge is 2.28. The number of rotatable bonds is 3. The molecule has 1 aliphatic carbocycles. The number of benzene rings is 1. The van der Waals surface area contributed by atoms with E-state index in [0.29, 0.717) is 12.0 Å². The molecule has 3 nitrogen and oxygen atoms in total. The SMILES string of the molecule is Cc1ccc(-c2cncn2C2CCCC2CN)cc1. The molecule has 100 valence electrons. The average Bonchev–Trinajstić information content (AvgIpc) is 3.07. The van der Waals surface area contributed by atoms with Crippen LogP contribution in [-0.2, 0) is 0 Å². The lowest BCUT2D eigenvalue weighted by atomic mass is 10.0. The van der Waals surface area contributed by atoms with Gasteiger partial charge in [0.05, 0.1) is 18.2 Å². The van der Waals surface area contributed by atoms with E-state index in [2.05, 4.69) is 40.7 Å². The number of aromatic nitrogens is 2. The number of imidazole rings is 1. The Hall–Kier alpha value is -1.61. The fourth-order valence-electron chi connectivity index (χ4n) is 3.18. The van der Waals surface area contributed by atoms with Crippen LogP contribution in [0.4, 0.5) is 0 Å². The van der Waals surface area contributed by atoms with Crippen LogP contribution in [0.5, 0.6) is 0 Å². The van der Waals surface area contributed by atoms with Crippen LogP contribution in [0.3, 0.4) is 0 Å². The highest BCUT2D eigenvalue weighted by Crippen LogP contribution is 2.37. The molecule has 0 aliphatic heterocycles. The van der Waals surface area contributed by atoms with Crippen LogP contribution in [0, 0.1) is 12.8 Å². The molecule has 2 N–H and O–H groups in total. The van der Waals surface area contributed by atoms with Gasteiger partial charge in [-0.25, -0.2) is 4.98 Å². The largest absolute Gasteiger partial charge is 0.330 e. The van der Waals surface area contributed by atoms with Gasteiger partial charge in [0.15, 0.2) is 0 Å². The summed E-state index contributed by atoms with van der Waals surface area (Å²) in [5.41, 5.74) is 9.65. The lowest BCUT2D eigenvalue weighted by Crippen LogP contribution is -2.21. The summed E-state index contributed by atoms with van der Waals surface area (Å²) in [6, 6.07) is 9.18. The normalized spacial score (nSPS) is 22.8. The molecule has 2 unspecified atom stereocenters. The van der Waals surface area contributed by atoms with Crippen molar-refractivity contribution in [1.29, 1.82) is 0 Å². The van der Waals surface area contributed by atoms with Crippen molar-refractivity contribution < 1.29 is 0 Å². The zero-order valence-electron chi connectivity index (χ0n) is 11.4. The first-order valence-corrected chi connectivity index (χ1v) is 7.08. The molecule has 0 bridgehead atoms. The summed E-state index contributed by atoms with van der Waals surface area (Å²) in [4.78, 5) is 4.36. The molecule has 3 heteroatoms. The molecule has 2 aromatic rings. The fraction of sp³-hybridized carbons (Fsp3) is 0.438. The molecule has 1 aliphatic rings. The second-order valence-corrected chi connectivity index (χ2v) is 5.55. The van der Waals surface area contributed by atoms with Crippen LogP contribution in [-0.4, -0.2) is 16.1 Å². The molecule has 1 saturated carbocycles. The molecule has 0 radical (unpaired) electrons. The third kappa shape index (κ3) is 2.30. The van der Waals surface area contributed by atoms with Gasteiger partial charge in [-0.05, 0) is 37.8 Å². The number of nitrogens with zero attached hydrogens (tertiary/aromatic N) is 2. The van der Waals surface area contributed by atoms with Crippen molar-refractivity contribution in [3.8, 4) is 11.3 Å². The average molecular weight is 255 g/mol. The van der Waals surface area contributed by atoms with Gasteiger partial charge in [-0.2, -0.15) is 0 Å². The van der Waals surface area contributed by atoms with Crippen LogP contribution in [0.1, 0.15) is 30.9 Å². The van der Waals surface area contributed by atoms with E-state index in [0.717, 1.165) is 6.54 Å². The predicted molar refractivity (Wildman–Crippen MR) is 77.8 cm³/mol. The van der Waals surface area contributed by atoms with Crippen LogP contribution in [0.15, 0.2) is 36.8 Å². The first-order valence-electron chi connectivity index (χ1n) is 7.08. The number of aryl methyl sites for hydroxylation is 1. The zero-order chi connectivity index (χ0) is 13.2. The van der Waals surface area contributed by atoms with Crippen molar-refractivity contribution in [2.75, 3.05) is 6.54 Å². The Kier molecular flexibility index (Phi) is 3.38. The van der Waals surface area contributed by atoms with Crippen molar-refractivity contribution >= 4 is 0 Å². The molecule has 1 aromatic carbocycles. The highest BCUT2D eigenvalue weighted by molar-refractivity contribution is 5.59. The molecule has 3 rings (SSSR count). The van der Waals surface area contributed by atoms with Crippen molar-refractivity contribution in [3.63, 3.8) is 0 Å². The predicted octanol–water partition coefficient (Wildman–Crippen LogP) is 3.16. The third-order valence-corrected chi connectivity index (χ3v) is 4.29. The van der Waals surface area contributed by atoms with E-state index in [1.165, 1.54) is 36.1 Å². The highest BCUT2D eigenvalue weighted by atomic mass is 15.1. The second-order valence-electron chi connectivity index (χ2n) is 5.55. The maximum atomic E-state index is 5.91. The van der Waals surface area contributed by atoms with E-state index in [9.17, 15) is 0 Å². The van der Waals surface area contributed by atoms with Crippen LogP contribution < -0.4 is 5.73 Å². The molecule has 0 saturated heterocycles. The maximum absolute atomic E-state index is 5.91. The Bertz CT molecular complexity index is 541. The van der Waals surface area contributed by atoms with Gasteiger partial charge in [-0.3, -0.25) is 0 Å². The quantitative estimate of drug-likeness (QED) is 0.915. The minimum atomic E-state index is 0.517. The number of nitrogens with two attached hydrogens (primary N) is 1. The van der Waals surface area contributed by atoms with Crippen LogP contribution in [0.2, 0.25) is 0 Å². The van der Waals surface area contributed by atoms with E-state index in [1.54, 1.807) is 0 Å². The molecule has 1 fully saturated rings. The molecule has 1 heterocycles. The standard InChI is InChI=1S/C16H21N3/c1-12-5-7-13(8-6-12)16-10-18-11-19(16)15-4-2-3-14(15)9-17/h5-8,10-11,14-15H,2-4,9,17H2,1H3. The summed E-state index contributed by atoms with van der Waals surface area (Å²) in [6.45, 7) is 2.89. The van der Waals surface area contributed by atoms with Gasteiger partial charge >= 0.3 is 0 Å². The summed E-state index contributed by atoms with van der Waals surface area (Å²) in [5.74, 6) is 0.596. The molecule has 0 spiro atoms. The van der Waals surface area contributed by atoms with Gasteiger partial charge < -0.3 is 10.3 Å². The fourth-order valence-corrected chi connectivity index (χ4v) is 3.18. The van der Waals surface area contributed by atoms with Gasteiger partial charge in [-0.1, -0.05) is 36.2 Å². The van der Waals surface area contributed by atoms with Crippen molar-refractivity contribution in [2.45, 2.75) is 32.2 Å². The lowest BCUT2D eigenvalue weighted by Gasteiger charge is -2.22. The molecule has 1 aromatic heterocycles. The second kappa shape index (κ2) is 5.17. The minimum Gasteiger partial charge on any atom is -0.330 e. The number of hydrogen-bond donors (Lipinski definition) is 1. The Labute approximate surface area is 114 Å². The Morgan fingerprint density at radius 1 is 1.26 bits per heavy atom. The Morgan fingerprint density at radius 2 is 2.05 bits per heavy atom. The minimum absolute atomic E-state index is 0.517. The molecule has 19 heavy (non-hydrogen) atoms. The summed E-state index contributed by atoms with van der Waals surface area (Å²) in [7, 11) is 0. The molecule has 2 atom stereocenters. The topological polar surface area (TPSA) is 43.8 Å². The van der Waals surface area contributed by atoms with E-state index in [1.807, 2.05) is 12.5 Å². The molecular formula is C16H21N3. The van der Waals surface area contributed by atoms with Gasteiger partial charge in [0, 0.05) is 6.04 Å². The van der Waals surface area contributed by atoms with E-state index >= 15 is 0 Å². The van der Waals surface area contributed by atoms with Gasteiger partial charge in [-0.15, -0.1) is 0 Å². The molecule has 0 amide bonds.